The number of nitrogen functional groups attached to an aromatic ring is 1. The van der Waals surface area contributed by atoms with Crippen molar-refractivity contribution < 1.29 is 0 Å². The fourth-order valence-electron chi connectivity index (χ4n) is 4.33. The van der Waals surface area contributed by atoms with E-state index in [1.165, 1.54) is 25.7 Å². The molecule has 2 aromatic heterocycles. The number of anilines is 2. The van der Waals surface area contributed by atoms with Crippen LogP contribution in [0.25, 0.3) is 5.65 Å². The van der Waals surface area contributed by atoms with E-state index in [-0.39, 0.29) is 0 Å². The van der Waals surface area contributed by atoms with E-state index in [1.54, 1.807) is 6.20 Å². The van der Waals surface area contributed by atoms with Gasteiger partial charge in [-0.05, 0) is 43.9 Å². The molecule has 2 aliphatic carbocycles. The Kier molecular flexibility index (Phi) is 2.99. The number of nitrogens with one attached hydrogen (secondary N) is 2. The number of rotatable bonds is 4. The van der Waals surface area contributed by atoms with Crippen molar-refractivity contribution in [2.45, 2.75) is 38.6 Å². The van der Waals surface area contributed by atoms with Crippen LogP contribution in [0.4, 0.5) is 11.6 Å². The van der Waals surface area contributed by atoms with E-state index in [9.17, 15) is 0 Å². The molecule has 6 nitrogen and oxygen atoms in total. The second-order valence-electron chi connectivity index (χ2n) is 6.55. The molecule has 0 aliphatic heterocycles. The standard InChI is InChI=1S/C15H22N6/c1-9(12-7-10-2-3-11(12)6-10)18-14-15-17-4-5-21(15)8-13(19-14)20-16/h4-5,8-12,20H,2-3,6-7,16H2,1H3,(H,18,19). The van der Waals surface area contributed by atoms with Crippen LogP contribution in [-0.2, 0) is 0 Å². The molecule has 4 atom stereocenters. The highest BCUT2D eigenvalue weighted by atomic mass is 15.3. The highest BCUT2D eigenvalue weighted by Crippen LogP contribution is 2.49. The minimum atomic E-state index is 0.418. The van der Waals surface area contributed by atoms with Gasteiger partial charge in [0.2, 0.25) is 0 Å². The number of imidazole rings is 1. The van der Waals surface area contributed by atoms with E-state index in [1.807, 2.05) is 16.8 Å². The molecular formula is C15H22N6. The molecule has 4 rings (SSSR count). The van der Waals surface area contributed by atoms with Gasteiger partial charge in [0.25, 0.3) is 0 Å². The summed E-state index contributed by atoms with van der Waals surface area (Å²) in [6.07, 6.45) is 11.2. The van der Waals surface area contributed by atoms with Crippen LogP contribution in [0.15, 0.2) is 18.6 Å². The van der Waals surface area contributed by atoms with Gasteiger partial charge in [-0.2, -0.15) is 0 Å². The Hall–Kier alpha value is -1.82. The lowest BCUT2D eigenvalue weighted by Gasteiger charge is -2.29. The highest BCUT2D eigenvalue weighted by Gasteiger charge is 2.41. The minimum absolute atomic E-state index is 0.418. The van der Waals surface area contributed by atoms with Crippen LogP contribution in [-0.4, -0.2) is 20.4 Å². The van der Waals surface area contributed by atoms with Gasteiger partial charge in [0.15, 0.2) is 17.3 Å². The zero-order valence-electron chi connectivity index (χ0n) is 12.3. The Morgan fingerprint density at radius 2 is 2.29 bits per heavy atom. The maximum atomic E-state index is 5.51. The Morgan fingerprint density at radius 3 is 3.00 bits per heavy atom. The summed E-state index contributed by atoms with van der Waals surface area (Å²) < 4.78 is 1.94. The predicted octanol–water partition coefficient (Wildman–Crippen LogP) is 2.25. The zero-order chi connectivity index (χ0) is 14.4. The molecular weight excluding hydrogens is 264 g/mol. The Labute approximate surface area is 124 Å². The Balaban J connectivity index is 1.60. The summed E-state index contributed by atoms with van der Waals surface area (Å²) in [4.78, 5) is 8.93. The van der Waals surface area contributed by atoms with E-state index in [4.69, 9.17) is 5.84 Å². The molecule has 4 unspecified atom stereocenters. The number of nitrogens with zero attached hydrogens (tertiary/aromatic N) is 3. The first-order valence-corrected chi connectivity index (χ1v) is 7.81. The Bertz CT molecular complexity index is 651. The van der Waals surface area contributed by atoms with Crippen molar-refractivity contribution in [3.63, 3.8) is 0 Å². The van der Waals surface area contributed by atoms with Crippen molar-refractivity contribution in [1.82, 2.24) is 14.4 Å². The molecule has 2 aromatic rings. The molecule has 2 saturated carbocycles. The topological polar surface area (TPSA) is 80.3 Å². The lowest BCUT2D eigenvalue weighted by Crippen LogP contribution is -2.30. The minimum Gasteiger partial charge on any atom is -0.364 e. The Morgan fingerprint density at radius 1 is 1.38 bits per heavy atom. The molecule has 2 heterocycles. The predicted molar refractivity (Wildman–Crippen MR) is 82.8 cm³/mol. The van der Waals surface area contributed by atoms with Crippen molar-refractivity contribution in [3.05, 3.63) is 18.6 Å². The van der Waals surface area contributed by atoms with Gasteiger partial charge in [0.05, 0.1) is 6.20 Å². The molecule has 0 spiro atoms. The van der Waals surface area contributed by atoms with E-state index in [0.717, 1.165) is 29.2 Å². The summed E-state index contributed by atoms with van der Waals surface area (Å²) in [5.41, 5.74) is 3.47. The smallest absolute Gasteiger partial charge is 0.180 e. The van der Waals surface area contributed by atoms with Gasteiger partial charge >= 0.3 is 0 Å². The molecule has 2 bridgehead atoms. The molecule has 0 aromatic carbocycles. The lowest BCUT2D eigenvalue weighted by atomic mass is 9.84. The van der Waals surface area contributed by atoms with Crippen LogP contribution in [0, 0.1) is 17.8 Å². The monoisotopic (exact) mass is 286 g/mol. The third-order valence-electron chi connectivity index (χ3n) is 5.32. The molecule has 4 N–H and O–H groups in total. The summed E-state index contributed by atoms with van der Waals surface area (Å²) in [5.74, 6) is 9.57. The number of hydrogen-bond donors (Lipinski definition) is 3. The second kappa shape index (κ2) is 4.87. The van der Waals surface area contributed by atoms with Gasteiger partial charge in [-0.25, -0.2) is 15.8 Å². The van der Waals surface area contributed by atoms with Crippen LogP contribution in [0.2, 0.25) is 0 Å². The van der Waals surface area contributed by atoms with Gasteiger partial charge in [0, 0.05) is 18.4 Å². The molecule has 21 heavy (non-hydrogen) atoms. The van der Waals surface area contributed by atoms with E-state index >= 15 is 0 Å². The molecule has 2 fully saturated rings. The number of nitrogens with two attached hydrogens (primary N) is 1. The summed E-state index contributed by atoms with van der Waals surface area (Å²) in [5, 5.41) is 3.58. The molecule has 6 heteroatoms. The van der Waals surface area contributed by atoms with Crippen molar-refractivity contribution in [2.75, 3.05) is 10.7 Å². The van der Waals surface area contributed by atoms with Crippen molar-refractivity contribution in [3.8, 4) is 0 Å². The van der Waals surface area contributed by atoms with Gasteiger partial charge in [-0.3, -0.25) is 0 Å². The fourth-order valence-corrected chi connectivity index (χ4v) is 4.33. The van der Waals surface area contributed by atoms with Crippen molar-refractivity contribution in [1.29, 1.82) is 0 Å². The van der Waals surface area contributed by atoms with Gasteiger partial charge in [-0.1, -0.05) is 6.42 Å². The van der Waals surface area contributed by atoms with Crippen LogP contribution >= 0.6 is 0 Å². The van der Waals surface area contributed by atoms with Gasteiger partial charge in [-0.15, -0.1) is 0 Å². The molecule has 0 amide bonds. The number of aromatic nitrogens is 3. The third-order valence-corrected chi connectivity index (χ3v) is 5.32. The average Bonchev–Trinajstić information content (AvgIpc) is 3.22. The van der Waals surface area contributed by atoms with Gasteiger partial charge < -0.3 is 15.1 Å². The second-order valence-corrected chi connectivity index (χ2v) is 6.55. The van der Waals surface area contributed by atoms with Crippen LogP contribution < -0.4 is 16.6 Å². The number of fused-ring (bicyclic) bond motifs is 3. The first kappa shape index (κ1) is 12.9. The zero-order valence-corrected chi connectivity index (χ0v) is 12.3. The molecule has 0 saturated heterocycles. The first-order valence-electron chi connectivity index (χ1n) is 7.81. The quantitative estimate of drug-likeness (QED) is 0.593. The summed E-state index contributed by atoms with van der Waals surface area (Å²) in [6.45, 7) is 2.27. The van der Waals surface area contributed by atoms with Crippen LogP contribution in [0.5, 0.6) is 0 Å². The molecule has 112 valence electrons. The van der Waals surface area contributed by atoms with Gasteiger partial charge in [0.1, 0.15) is 0 Å². The van der Waals surface area contributed by atoms with Crippen LogP contribution in [0.3, 0.4) is 0 Å². The van der Waals surface area contributed by atoms with Crippen molar-refractivity contribution in [2.24, 2.45) is 23.6 Å². The summed E-state index contributed by atoms with van der Waals surface area (Å²) in [7, 11) is 0. The normalized spacial score (nSPS) is 29.0. The van der Waals surface area contributed by atoms with Crippen LogP contribution in [0.1, 0.15) is 32.6 Å². The molecule has 0 radical (unpaired) electrons. The number of hydrazine groups is 1. The van der Waals surface area contributed by atoms with E-state index in [0.29, 0.717) is 11.9 Å². The summed E-state index contributed by atoms with van der Waals surface area (Å²) in [6, 6.07) is 0.418. The largest absolute Gasteiger partial charge is 0.364 e. The fraction of sp³-hybridized carbons (Fsp3) is 0.600. The average molecular weight is 286 g/mol. The lowest BCUT2D eigenvalue weighted by molar-refractivity contribution is 0.304. The third kappa shape index (κ3) is 2.14. The molecule has 2 aliphatic rings. The first-order chi connectivity index (χ1) is 10.2. The highest BCUT2D eigenvalue weighted by molar-refractivity contribution is 5.65. The maximum Gasteiger partial charge on any atom is 0.180 e. The maximum absolute atomic E-state index is 5.51. The van der Waals surface area contributed by atoms with E-state index < -0.39 is 0 Å². The SMILES string of the molecule is CC(Nc1nc(NN)cn2ccnc12)C1CC2CCC1C2. The summed E-state index contributed by atoms with van der Waals surface area (Å²) >= 11 is 0. The van der Waals surface area contributed by atoms with E-state index in [2.05, 4.69) is 27.6 Å². The number of hydrogen-bond acceptors (Lipinski definition) is 5. The van der Waals surface area contributed by atoms with Crippen molar-refractivity contribution >= 4 is 17.3 Å².